The van der Waals surface area contributed by atoms with Gasteiger partial charge in [0.15, 0.2) is 11.6 Å². The summed E-state index contributed by atoms with van der Waals surface area (Å²) < 4.78 is 39.7. The van der Waals surface area contributed by atoms with Gasteiger partial charge < -0.3 is 5.32 Å². The van der Waals surface area contributed by atoms with Gasteiger partial charge in [-0.25, -0.2) is 13.2 Å². The first kappa shape index (κ1) is 15.1. The number of nitrogens with one attached hydrogen (secondary N) is 1. The van der Waals surface area contributed by atoms with Gasteiger partial charge in [-0.3, -0.25) is 4.79 Å². The first-order chi connectivity index (χ1) is 9.88. The zero-order chi connectivity index (χ0) is 15.6. The standard InChI is InChI=1S/C16H14F3NO/c1-9-3-5-13(17)12(7-9)16(21)20-10(2)11-4-6-14(18)15(19)8-11/h3-8,10H,1-2H3,(H,20,21). The van der Waals surface area contributed by atoms with Gasteiger partial charge in [0, 0.05) is 0 Å². The van der Waals surface area contributed by atoms with Crippen LogP contribution in [0.1, 0.15) is 34.5 Å². The molecule has 0 aromatic heterocycles. The molecule has 0 spiro atoms. The summed E-state index contributed by atoms with van der Waals surface area (Å²) in [5, 5.41) is 2.56. The molecule has 2 aromatic carbocycles. The van der Waals surface area contributed by atoms with Gasteiger partial charge in [0.2, 0.25) is 0 Å². The lowest BCUT2D eigenvalue weighted by atomic mass is 10.1. The zero-order valence-corrected chi connectivity index (χ0v) is 11.6. The minimum Gasteiger partial charge on any atom is -0.345 e. The molecule has 0 aliphatic heterocycles. The van der Waals surface area contributed by atoms with Gasteiger partial charge in [0.25, 0.3) is 5.91 Å². The van der Waals surface area contributed by atoms with E-state index in [1.807, 2.05) is 0 Å². The van der Waals surface area contributed by atoms with E-state index in [9.17, 15) is 18.0 Å². The minimum absolute atomic E-state index is 0.0792. The Hall–Kier alpha value is -2.30. The molecule has 1 N–H and O–H groups in total. The van der Waals surface area contributed by atoms with E-state index in [0.29, 0.717) is 5.56 Å². The Balaban J connectivity index is 2.18. The summed E-state index contributed by atoms with van der Waals surface area (Å²) in [7, 11) is 0. The van der Waals surface area contributed by atoms with E-state index in [4.69, 9.17) is 0 Å². The van der Waals surface area contributed by atoms with Crippen LogP contribution in [0.5, 0.6) is 0 Å². The molecule has 0 heterocycles. The van der Waals surface area contributed by atoms with Crippen LogP contribution < -0.4 is 5.32 Å². The third kappa shape index (κ3) is 3.42. The van der Waals surface area contributed by atoms with Gasteiger partial charge in [-0.15, -0.1) is 0 Å². The van der Waals surface area contributed by atoms with Crippen LogP contribution in [0.25, 0.3) is 0 Å². The summed E-state index contributed by atoms with van der Waals surface area (Å²) >= 11 is 0. The Bertz CT molecular complexity index is 685. The van der Waals surface area contributed by atoms with Crippen LogP contribution in [0.4, 0.5) is 13.2 Å². The molecule has 1 atom stereocenters. The lowest BCUT2D eigenvalue weighted by Crippen LogP contribution is -2.27. The van der Waals surface area contributed by atoms with Crippen LogP contribution in [0.3, 0.4) is 0 Å². The fourth-order valence-corrected chi connectivity index (χ4v) is 1.95. The SMILES string of the molecule is Cc1ccc(F)c(C(=O)NC(C)c2ccc(F)c(F)c2)c1. The van der Waals surface area contributed by atoms with Crippen molar-refractivity contribution in [2.24, 2.45) is 0 Å². The number of hydrogen-bond donors (Lipinski definition) is 1. The van der Waals surface area contributed by atoms with Crippen LogP contribution in [-0.2, 0) is 0 Å². The Morgan fingerprint density at radius 1 is 1.00 bits per heavy atom. The maximum Gasteiger partial charge on any atom is 0.254 e. The zero-order valence-electron chi connectivity index (χ0n) is 11.6. The van der Waals surface area contributed by atoms with Crippen molar-refractivity contribution in [1.82, 2.24) is 5.32 Å². The topological polar surface area (TPSA) is 29.1 Å². The number of aryl methyl sites for hydroxylation is 1. The highest BCUT2D eigenvalue weighted by atomic mass is 19.2. The van der Waals surface area contributed by atoms with E-state index in [1.54, 1.807) is 19.9 Å². The number of carbonyl (C=O) groups is 1. The second-order valence-electron chi connectivity index (χ2n) is 4.85. The predicted molar refractivity (Wildman–Crippen MR) is 73.4 cm³/mol. The van der Waals surface area contributed by atoms with Gasteiger partial charge in [0.05, 0.1) is 11.6 Å². The Morgan fingerprint density at radius 2 is 1.67 bits per heavy atom. The van der Waals surface area contributed by atoms with E-state index in [-0.39, 0.29) is 5.56 Å². The Kier molecular flexibility index (Phi) is 4.31. The van der Waals surface area contributed by atoms with E-state index >= 15 is 0 Å². The lowest BCUT2D eigenvalue weighted by molar-refractivity contribution is 0.0935. The van der Waals surface area contributed by atoms with Crippen molar-refractivity contribution < 1.29 is 18.0 Å². The summed E-state index contributed by atoms with van der Waals surface area (Å²) in [6.45, 7) is 3.35. The van der Waals surface area contributed by atoms with Gasteiger partial charge in [0.1, 0.15) is 5.82 Å². The molecule has 0 radical (unpaired) electrons. The minimum atomic E-state index is -0.990. The molecule has 1 unspecified atom stereocenters. The molecule has 5 heteroatoms. The predicted octanol–water partition coefficient (Wildman–Crippen LogP) is 3.90. The van der Waals surface area contributed by atoms with Crippen molar-refractivity contribution in [2.45, 2.75) is 19.9 Å². The van der Waals surface area contributed by atoms with Crippen molar-refractivity contribution in [3.05, 3.63) is 70.5 Å². The van der Waals surface area contributed by atoms with Gasteiger partial charge in [-0.2, -0.15) is 0 Å². The first-order valence-corrected chi connectivity index (χ1v) is 6.40. The maximum atomic E-state index is 13.6. The average molecular weight is 293 g/mol. The maximum absolute atomic E-state index is 13.6. The van der Waals surface area contributed by atoms with Crippen molar-refractivity contribution >= 4 is 5.91 Å². The number of benzene rings is 2. The second-order valence-corrected chi connectivity index (χ2v) is 4.85. The molecule has 0 aliphatic carbocycles. The highest BCUT2D eigenvalue weighted by molar-refractivity contribution is 5.94. The monoisotopic (exact) mass is 293 g/mol. The third-order valence-corrected chi connectivity index (χ3v) is 3.16. The summed E-state index contributed by atoms with van der Waals surface area (Å²) in [6.07, 6.45) is 0. The molecule has 110 valence electrons. The highest BCUT2D eigenvalue weighted by Crippen LogP contribution is 2.17. The summed E-state index contributed by atoms with van der Waals surface area (Å²) in [6, 6.07) is 7.00. The van der Waals surface area contributed by atoms with E-state index in [1.165, 1.54) is 18.2 Å². The Labute approximate surface area is 120 Å². The van der Waals surface area contributed by atoms with Crippen molar-refractivity contribution in [3.8, 4) is 0 Å². The fourth-order valence-electron chi connectivity index (χ4n) is 1.95. The average Bonchev–Trinajstić information content (AvgIpc) is 2.44. The van der Waals surface area contributed by atoms with Crippen LogP contribution >= 0.6 is 0 Å². The largest absolute Gasteiger partial charge is 0.345 e. The molecule has 0 saturated carbocycles. The molecule has 21 heavy (non-hydrogen) atoms. The van der Waals surface area contributed by atoms with Crippen LogP contribution in [-0.4, -0.2) is 5.91 Å². The molecule has 2 rings (SSSR count). The summed E-state index contributed by atoms with van der Waals surface area (Å²) in [5.41, 5.74) is 1.07. The second kappa shape index (κ2) is 5.99. The first-order valence-electron chi connectivity index (χ1n) is 6.40. The molecular weight excluding hydrogens is 279 g/mol. The number of amides is 1. The molecule has 0 bridgehead atoms. The van der Waals surface area contributed by atoms with Crippen molar-refractivity contribution in [3.63, 3.8) is 0 Å². The highest BCUT2D eigenvalue weighted by Gasteiger charge is 2.16. The normalized spacial score (nSPS) is 12.0. The number of hydrogen-bond acceptors (Lipinski definition) is 1. The molecular formula is C16H14F3NO. The smallest absolute Gasteiger partial charge is 0.254 e. The summed E-state index contributed by atoms with van der Waals surface area (Å²) in [4.78, 5) is 12.0. The lowest BCUT2D eigenvalue weighted by Gasteiger charge is -2.15. The third-order valence-electron chi connectivity index (χ3n) is 3.16. The van der Waals surface area contributed by atoms with Crippen molar-refractivity contribution in [2.75, 3.05) is 0 Å². The molecule has 1 amide bonds. The fraction of sp³-hybridized carbons (Fsp3) is 0.188. The van der Waals surface area contributed by atoms with E-state index in [0.717, 1.165) is 17.7 Å². The number of carbonyl (C=O) groups excluding carboxylic acids is 1. The van der Waals surface area contributed by atoms with E-state index < -0.39 is 29.4 Å². The van der Waals surface area contributed by atoms with Gasteiger partial charge in [-0.05, 0) is 43.7 Å². The summed E-state index contributed by atoms with van der Waals surface area (Å²) in [5.74, 6) is -3.18. The Morgan fingerprint density at radius 3 is 2.33 bits per heavy atom. The van der Waals surface area contributed by atoms with Gasteiger partial charge >= 0.3 is 0 Å². The van der Waals surface area contributed by atoms with Crippen LogP contribution in [0.15, 0.2) is 36.4 Å². The van der Waals surface area contributed by atoms with Crippen LogP contribution in [0.2, 0.25) is 0 Å². The number of halogens is 3. The molecule has 0 fully saturated rings. The van der Waals surface area contributed by atoms with Gasteiger partial charge in [-0.1, -0.05) is 17.7 Å². The molecule has 2 nitrogen and oxygen atoms in total. The molecule has 0 aliphatic rings. The van der Waals surface area contributed by atoms with E-state index in [2.05, 4.69) is 5.32 Å². The molecule has 0 saturated heterocycles. The van der Waals surface area contributed by atoms with Crippen molar-refractivity contribution in [1.29, 1.82) is 0 Å². The molecule has 2 aromatic rings. The quantitative estimate of drug-likeness (QED) is 0.913. The van der Waals surface area contributed by atoms with Crippen LogP contribution in [0, 0.1) is 24.4 Å². The number of rotatable bonds is 3.